The lowest BCUT2D eigenvalue weighted by molar-refractivity contribution is -0.387. The number of nitrogens with zero attached hydrogens (tertiary/aromatic N) is 5. The van der Waals surface area contributed by atoms with Crippen molar-refractivity contribution in [3.05, 3.63) is 98.0 Å². The van der Waals surface area contributed by atoms with Crippen LogP contribution in [0.25, 0.3) is 0 Å². The number of amides is 1. The van der Waals surface area contributed by atoms with Gasteiger partial charge in [-0.15, -0.1) is 21.5 Å². The Labute approximate surface area is 205 Å². The molecule has 4 aromatic rings. The fourth-order valence-corrected chi connectivity index (χ4v) is 5.20. The molecule has 0 saturated carbocycles. The molecule has 0 radical (unpaired) electrons. The van der Waals surface area contributed by atoms with Crippen LogP contribution in [0.4, 0.5) is 5.69 Å². The van der Waals surface area contributed by atoms with Crippen LogP contribution in [0.1, 0.15) is 25.7 Å². The number of nitro groups is 1. The van der Waals surface area contributed by atoms with Crippen LogP contribution >= 0.6 is 23.1 Å². The summed E-state index contributed by atoms with van der Waals surface area (Å²) in [4.78, 5) is 29.3. The van der Waals surface area contributed by atoms with E-state index in [0.29, 0.717) is 29.6 Å². The minimum atomic E-state index is -0.466. The maximum absolute atomic E-state index is 13.5. The molecule has 0 N–H and O–H groups in total. The quantitative estimate of drug-likeness (QED) is 0.237. The normalized spacial score (nSPS) is 10.9. The minimum Gasteiger partial charge on any atom is -0.333 e. The lowest BCUT2D eigenvalue weighted by Crippen LogP contribution is -2.32. The number of rotatable bonds is 9. The van der Waals surface area contributed by atoms with E-state index in [4.69, 9.17) is 0 Å². The summed E-state index contributed by atoms with van der Waals surface area (Å²) in [5.74, 6) is -0.236. The number of carbonyl (C=O) groups excluding carboxylic acids is 1. The fraction of sp³-hybridized carbons (Fsp3) is 0.208. The molecule has 0 bridgehead atoms. The van der Waals surface area contributed by atoms with Gasteiger partial charge in [0.05, 0.1) is 16.4 Å². The molecule has 0 aliphatic rings. The molecule has 0 fully saturated rings. The van der Waals surface area contributed by atoms with Crippen molar-refractivity contribution in [3.8, 4) is 0 Å². The highest BCUT2D eigenvalue weighted by molar-refractivity contribution is 7.99. The van der Waals surface area contributed by atoms with Gasteiger partial charge >= 0.3 is 0 Å². The third-order valence-electron chi connectivity index (χ3n) is 5.22. The van der Waals surface area contributed by atoms with E-state index in [1.165, 1.54) is 17.3 Å². The summed E-state index contributed by atoms with van der Waals surface area (Å²) >= 11 is 2.79. The molecular formula is C24H23N5O3S2. The lowest BCUT2D eigenvalue weighted by Gasteiger charge is -2.22. The molecule has 0 aliphatic carbocycles. The van der Waals surface area contributed by atoms with Crippen molar-refractivity contribution < 1.29 is 9.72 Å². The Hall–Kier alpha value is -3.50. The van der Waals surface area contributed by atoms with Gasteiger partial charge in [0, 0.05) is 35.0 Å². The Morgan fingerprint density at radius 1 is 1.18 bits per heavy atom. The van der Waals surface area contributed by atoms with Crippen LogP contribution in [0.5, 0.6) is 0 Å². The summed E-state index contributed by atoms with van der Waals surface area (Å²) in [7, 11) is 1.77. The number of nitro benzene ring substituents is 1. The number of hydrogen-bond acceptors (Lipinski definition) is 7. The zero-order valence-corrected chi connectivity index (χ0v) is 20.4. The highest BCUT2D eigenvalue weighted by Crippen LogP contribution is 2.34. The van der Waals surface area contributed by atoms with Gasteiger partial charge in [-0.25, -0.2) is 0 Å². The molecule has 2 aromatic heterocycles. The average Bonchev–Trinajstić information content (AvgIpc) is 3.44. The zero-order chi connectivity index (χ0) is 24.1. The first-order valence-electron chi connectivity index (χ1n) is 10.6. The molecule has 8 nitrogen and oxygen atoms in total. The molecule has 0 spiro atoms. The molecule has 174 valence electrons. The van der Waals surface area contributed by atoms with E-state index in [2.05, 4.69) is 10.2 Å². The van der Waals surface area contributed by atoms with Gasteiger partial charge in [0.1, 0.15) is 6.33 Å². The van der Waals surface area contributed by atoms with Gasteiger partial charge in [-0.1, -0.05) is 30.3 Å². The third-order valence-corrected chi connectivity index (χ3v) is 7.32. The number of benzene rings is 2. The molecule has 10 heteroatoms. The first-order valence-corrected chi connectivity index (χ1v) is 12.2. The Bertz CT molecular complexity index is 1300. The van der Waals surface area contributed by atoms with Crippen LogP contribution in [0.2, 0.25) is 0 Å². The van der Waals surface area contributed by atoms with Crippen LogP contribution in [0, 0.1) is 17.0 Å². The summed E-state index contributed by atoms with van der Waals surface area (Å²) in [6.07, 6.45) is 2.22. The van der Waals surface area contributed by atoms with Gasteiger partial charge in [-0.2, -0.15) is 0 Å². The monoisotopic (exact) mass is 493 g/mol. The molecule has 1 amide bonds. The number of thiophene rings is 1. The van der Waals surface area contributed by atoms with E-state index >= 15 is 0 Å². The molecule has 0 saturated heterocycles. The van der Waals surface area contributed by atoms with Crippen LogP contribution in [0.15, 0.2) is 77.0 Å². The van der Waals surface area contributed by atoms with Crippen molar-refractivity contribution in [1.29, 1.82) is 0 Å². The van der Waals surface area contributed by atoms with Gasteiger partial charge < -0.3 is 9.47 Å². The van der Waals surface area contributed by atoms with E-state index in [-0.39, 0.29) is 17.2 Å². The third kappa shape index (κ3) is 5.70. The Balaban J connectivity index is 1.60. The molecule has 2 heterocycles. The Morgan fingerprint density at radius 2 is 1.97 bits per heavy atom. The number of aryl methyl sites for hydroxylation is 2. The maximum atomic E-state index is 13.5. The fourth-order valence-electron chi connectivity index (χ4n) is 3.44. The molecule has 34 heavy (non-hydrogen) atoms. The van der Waals surface area contributed by atoms with Crippen molar-refractivity contribution in [2.75, 3.05) is 6.54 Å². The topological polar surface area (TPSA) is 94.2 Å². The highest BCUT2D eigenvalue weighted by atomic mass is 32.2. The molecule has 2 aromatic carbocycles. The Morgan fingerprint density at radius 3 is 2.62 bits per heavy atom. The molecule has 0 aliphatic heterocycles. The highest BCUT2D eigenvalue weighted by Gasteiger charge is 2.23. The molecule has 0 unspecified atom stereocenters. The molecular weight excluding hydrogens is 470 g/mol. The van der Waals surface area contributed by atoms with Crippen LogP contribution in [0.3, 0.4) is 0 Å². The average molecular weight is 494 g/mol. The van der Waals surface area contributed by atoms with Gasteiger partial charge in [-0.3, -0.25) is 14.9 Å². The van der Waals surface area contributed by atoms with Gasteiger partial charge in [-0.05, 0) is 54.9 Å². The maximum Gasteiger partial charge on any atom is 0.284 e. The van der Waals surface area contributed by atoms with Crippen LogP contribution < -0.4 is 0 Å². The van der Waals surface area contributed by atoms with Crippen molar-refractivity contribution >= 4 is 34.7 Å². The largest absolute Gasteiger partial charge is 0.333 e. The second-order valence-corrected chi connectivity index (χ2v) is 10.1. The van der Waals surface area contributed by atoms with Gasteiger partial charge in [0.2, 0.25) is 0 Å². The first kappa shape index (κ1) is 23.7. The minimum absolute atomic E-state index is 0.131. The van der Waals surface area contributed by atoms with E-state index in [9.17, 15) is 14.9 Å². The summed E-state index contributed by atoms with van der Waals surface area (Å²) in [5.41, 5.74) is 1.29. The summed E-state index contributed by atoms with van der Waals surface area (Å²) < 4.78 is 1.68. The van der Waals surface area contributed by atoms with Gasteiger partial charge in [0.15, 0.2) is 5.16 Å². The summed E-state index contributed by atoms with van der Waals surface area (Å²) in [5, 5.41) is 20.1. The SMILES string of the molecule is Cc1ccc(CN(CCc2ccccc2)C(=O)c2ccc(Sc3nncn3C)c([N+](=O)[O-])c2)s1. The smallest absolute Gasteiger partial charge is 0.284 e. The predicted molar refractivity (Wildman–Crippen MR) is 132 cm³/mol. The predicted octanol–water partition coefficient (Wildman–Crippen LogP) is 5.13. The van der Waals surface area contributed by atoms with Gasteiger partial charge in [0.25, 0.3) is 11.6 Å². The molecule has 4 rings (SSSR count). The van der Waals surface area contributed by atoms with E-state index < -0.39 is 4.92 Å². The standard InChI is InChI=1S/C24H23N5O3S2/c1-17-8-10-20(33-17)15-28(13-12-18-6-4-3-5-7-18)23(30)19-9-11-22(21(14-19)29(31)32)34-24-26-25-16-27(24)2/h3-11,14,16H,12-13,15H2,1-2H3. The second-order valence-electron chi connectivity index (χ2n) is 7.74. The molecule has 0 atom stereocenters. The number of aromatic nitrogens is 3. The van der Waals surface area contributed by atoms with Crippen molar-refractivity contribution in [3.63, 3.8) is 0 Å². The Kier molecular flexibility index (Phi) is 7.39. The van der Waals surface area contributed by atoms with Crippen molar-refractivity contribution in [2.24, 2.45) is 7.05 Å². The van der Waals surface area contributed by atoms with Crippen molar-refractivity contribution in [1.82, 2.24) is 19.7 Å². The van der Waals surface area contributed by atoms with E-state index in [1.807, 2.05) is 49.4 Å². The van der Waals surface area contributed by atoms with Crippen LogP contribution in [-0.4, -0.2) is 37.0 Å². The summed E-state index contributed by atoms with van der Waals surface area (Å²) in [6.45, 7) is 2.98. The van der Waals surface area contributed by atoms with E-state index in [1.54, 1.807) is 40.0 Å². The van der Waals surface area contributed by atoms with Crippen molar-refractivity contribution in [2.45, 2.75) is 29.9 Å². The van der Waals surface area contributed by atoms with E-state index in [0.717, 1.165) is 22.2 Å². The number of carbonyl (C=O) groups is 1. The zero-order valence-electron chi connectivity index (χ0n) is 18.7. The lowest BCUT2D eigenvalue weighted by atomic mass is 10.1. The first-order chi connectivity index (χ1) is 16.4. The van der Waals surface area contributed by atoms with Crippen LogP contribution in [-0.2, 0) is 20.0 Å². The second kappa shape index (κ2) is 10.6. The summed E-state index contributed by atoms with van der Waals surface area (Å²) in [6, 6.07) is 18.6. The number of hydrogen-bond donors (Lipinski definition) is 0.